The van der Waals surface area contributed by atoms with Crippen LogP contribution in [0, 0.1) is 5.92 Å². The molecule has 0 aliphatic rings. The van der Waals surface area contributed by atoms with Gasteiger partial charge >= 0.3 is 0 Å². The van der Waals surface area contributed by atoms with E-state index in [9.17, 15) is 13.2 Å². The summed E-state index contributed by atoms with van der Waals surface area (Å²) in [6.07, 6.45) is 5.60. The monoisotopic (exact) mass is 480 g/mol. The molecule has 0 spiro atoms. The van der Waals surface area contributed by atoms with E-state index in [0.717, 1.165) is 37.5 Å². The summed E-state index contributed by atoms with van der Waals surface area (Å²) >= 11 is 6.10. The molecule has 2 aromatic carbocycles. The number of ether oxygens (including phenoxy) is 1. The molecule has 0 heterocycles. The van der Waals surface area contributed by atoms with Crippen molar-refractivity contribution < 1.29 is 17.9 Å². The van der Waals surface area contributed by atoms with Crippen molar-refractivity contribution in [1.82, 2.24) is 5.32 Å². The van der Waals surface area contributed by atoms with E-state index in [-0.39, 0.29) is 12.5 Å². The normalized spacial score (nSPS) is 12.3. The number of hydrogen-bond acceptors (Lipinski definition) is 4. The van der Waals surface area contributed by atoms with Crippen molar-refractivity contribution in [3.63, 3.8) is 0 Å². The number of nitrogens with one attached hydrogen (secondary N) is 1. The Morgan fingerprint density at radius 1 is 1.16 bits per heavy atom. The number of anilines is 1. The molecule has 0 saturated carbocycles. The molecule has 0 fully saturated rings. The Kier molecular flexibility index (Phi) is 9.84. The van der Waals surface area contributed by atoms with E-state index in [1.54, 1.807) is 42.5 Å². The smallest absolute Gasteiger partial charge is 0.251 e. The highest BCUT2D eigenvalue weighted by molar-refractivity contribution is 7.92. The zero-order chi connectivity index (χ0) is 23.7. The first-order valence-corrected chi connectivity index (χ1v) is 13.1. The van der Waals surface area contributed by atoms with Crippen LogP contribution in [0.25, 0.3) is 0 Å². The molecule has 0 bridgehead atoms. The van der Waals surface area contributed by atoms with Gasteiger partial charge in [-0.05, 0) is 48.2 Å². The lowest BCUT2D eigenvalue weighted by Gasteiger charge is -2.24. The highest BCUT2D eigenvalue weighted by atomic mass is 35.5. The number of carbonyl (C=O) groups excluding carboxylic acids is 1. The van der Waals surface area contributed by atoms with Crippen LogP contribution in [0.15, 0.2) is 42.5 Å². The number of rotatable bonds is 12. The van der Waals surface area contributed by atoms with Crippen LogP contribution in [-0.4, -0.2) is 34.2 Å². The Morgan fingerprint density at radius 2 is 1.84 bits per heavy atom. The summed E-state index contributed by atoms with van der Waals surface area (Å²) in [5.41, 5.74) is 1.65. The summed E-state index contributed by atoms with van der Waals surface area (Å²) in [5.74, 6) is 0.765. The summed E-state index contributed by atoms with van der Waals surface area (Å²) < 4.78 is 31.6. The second-order valence-corrected chi connectivity index (χ2v) is 10.3. The molecular formula is C24H33ClN2O4S. The molecule has 0 aliphatic carbocycles. The van der Waals surface area contributed by atoms with Crippen molar-refractivity contribution in [3.05, 3.63) is 58.6 Å². The maximum atomic E-state index is 12.5. The zero-order valence-electron chi connectivity index (χ0n) is 19.2. The third-order valence-corrected chi connectivity index (χ3v) is 6.81. The van der Waals surface area contributed by atoms with E-state index in [0.29, 0.717) is 34.5 Å². The number of sulfonamides is 1. The second-order valence-electron chi connectivity index (χ2n) is 7.91. The summed E-state index contributed by atoms with van der Waals surface area (Å²) in [7, 11) is -2.13. The van der Waals surface area contributed by atoms with Crippen LogP contribution >= 0.6 is 11.6 Å². The average Bonchev–Trinajstić information content (AvgIpc) is 2.77. The summed E-state index contributed by atoms with van der Waals surface area (Å²) in [4.78, 5) is 12.5. The molecule has 0 radical (unpaired) electrons. The van der Waals surface area contributed by atoms with Crippen LogP contribution in [0.1, 0.15) is 55.5 Å². The Bertz CT molecular complexity index is 994. The van der Waals surface area contributed by atoms with E-state index in [4.69, 9.17) is 16.3 Å². The van der Waals surface area contributed by atoms with E-state index >= 15 is 0 Å². The van der Waals surface area contributed by atoms with Gasteiger partial charge in [-0.2, -0.15) is 0 Å². The first kappa shape index (κ1) is 26.0. The van der Waals surface area contributed by atoms with E-state index in [1.807, 2.05) is 0 Å². The van der Waals surface area contributed by atoms with Gasteiger partial charge in [-0.3, -0.25) is 9.10 Å². The van der Waals surface area contributed by atoms with Crippen LogP contribution in [-0.2, 0) is 16.6 Å². The summed E-state index contributed by atoms with van der Waals surface area (Å²) in [6, 6.07) is 11.8. The fraction of sp³-hybridized carbons (Fsp3) is 0.458. The van der Waals surface area contributed by atoms with Crippen molar-refractivity contribution in [2.45, 2.75) is 46.1 Å². The lowest BCUT2D eigenvalue weighted by Crippen LogP contribution is -2.30. The van der Waals surface area contributed by atoms with Gasteiger partial charge in [0.1, 0.15) is 5.75 Å². The predicted octanol–water partition coefficient (Wildman–Crippen LogP) is 5.26. The first-order chi connectivity index (χ1) is 15.2. The average molecular weight is 481 g/mol. The Morgan fingerprint density at radius 3 is 2.41 bits per heavy atom. The van der Waals surface area contributed by atoms with Crippen LogP contribution in [0.2, 0.25) is 5.02 Å². The number of benzene rings is 2. The topological polar surface area (TPSA) is 75.7 Å². The van der Waals surface area contributed by atoms with E-state index < -0.39 is 10.0 Å². The fourth-order valence-electron chi connectivity index (χ4n) is 3.45. The van der Waals surface area contributed by atoms with Gasteiger partial charge in [0.05, 0.1) is 25.6 Å². The summed E-state index contributed by atoms with van der Waals surface area (Å²) in [6.45, 7) is 5.06. The fourth-order valence-corrected chi connectivity index (χ4v) is 4.50. The third-order valence-electron chi connectivity index (χ3n) is 5.45. The molecular weight excluding hydrogens is 448 g/mol. The number of carbonyl (C=O) groups is 1. The molecule has 1 unspecified atom stereocenters. The molecule has 6 nitrogen and oxygen atoms in total. The maximum Gasteiger partial charge on any atom is 0.251 e. The number of halogens is 1. The minimum Gasteiger partial charge on any atom is -0.495 e. The van der Waals surface area contributed by atoms with Crippen molar-refractivity contribution in [3.8, 4) is 5.75 Å². The predicted molar refractivity (Wildman–Crippen MR) is 131 cm³/mol. The molecule has 0 aliphatic heterocycles. The highest BCUT2D eigenvalue weighted by Gasteiger charge is 2.22. The lowest BCUT2D eigenvalue weighted by molar-refractivity contribution is 0.0946. The van der Waals surface area contributed by atoms with Gasteiger partial charge < -0.3 is 10.1 Å². The number of methoxy groups -OCH3 is 1. The van der Waals surface area contributed by atoms with Crippen molar-refractivity contribution in [2.24, 2.45) is 5.92 Å². The van der Waals surface area contributed by atoms with Crippen LogP contribution in [0.4, 0.5) is 5.69 Å². The van der Waals surface area contributed by atoms with E-state index in [2.05, 4.69) is 19.2 Å². The van der Waals surface area contributed by atoms with Gasteiger partial charge in [0.15, 0.2) is 0 Å². The highest BCUT2D eigenvalue weighted by Crippen LogP contribution is 2.33. The van der Waals surface area contributed by atoms with Crippen LogP contribution in [0.5, 0.6) is 5.75 Å². The van der Waals surface area contributed by atoms with Gasteiger partial charge in [0.25, 0.3) is 5.91 Å². The Hall–Kier alpha value is -2.25. The summed E-state index contributed by atoms with van der Waals surface area (Å²) in [5, 5.41) is 3.42. The zero-order valence-corrected chi connectivity index (χ0v) is 20.8. The van der Waals surface area contributed by atoms with Crippen LogP contribution in [0.3, 0.4) is 0 Å². The largest absolute Gasteiger partial charge is 0.495 e. The Labute approximate surface area is 197 Å². The molecule has 2 rings (SSSR count). The molecule has 2 aromatic rings. The van der Waals surface area contributed by atoms with Crippen molar-refractivity contribution >= 4 is 33.2 Å². The Balaban J connectivity index is 2.14. The molecule has 32 heavy (non-hydrogen) atoms. The standard InChI is InChI=1S/C24H33ClN2O4S/c1-5-7-8-18(6-2)16-26-24(28)20-11-9-19(10-12-20)17-27(32(4,29)30)22-15-21(25)13-14-23(22)31-3/h9-15,18H,5-8,16-17H2,1-4H3,(H,26,28). The number of unbranched alkanes of at least 4 members (excludes halogenated alkanes) is 1. The van der Waals surface area contributed by atoms with E-state index in [1.165, 1.54) is 11.4 Å². The molecule has 1 amide bonds. The van der Waals surface area contributed by atoms with Crippen molar-refractivity contribution in [1.29, 1.82) is 0 Å². The maximum absolute atomic E-state index is 12.5. The van der Waals surface area contributed by atoms with Crippen LogP contribution < -0.4 is 14.4 Å². The minimum atomic E-state index is -3.61. The van der Waals surface area contributed by atoms with Gasteiger partial charge in [-0.1, -0.05) is 56.8 Å². The second kappa shape index (κ2) is 12.1. The number of hydrogen-bond donors (Lipinski definition) is 1. The van der Waals surface area contributed by atoms with Gasteiger partial charge in [-0.15, -0.1) is 0 Å². The molecule has 0 aromatic heterocycles. The van der Waals surface area contributed by atoms with Gasteiger partial charge in [-0.25, -0.2) is 8.42 Å². The molecule has 1 N–H and O–H groups in total. The SMILES string of the molecule is CCCCC(CC)CNC(=O)c1ccc(CN(c2cc(Cl)ccc2OC)S(C)(=O)=O)cc1. The van der Waals surface area contributed by atoms with Gasteiger partial charge in [0.2, 0.25) is 10.0 Å². The van der Waals surface area contributed by atoms with Crippen molar-refractivity contribution in [2.75, 3.05) is 24.2 Å². The molecule has 8 heteroatoms. The molecule has 0 saturated heterocycles. The third kappa shape index (κ3) is 7.41. The lowest BCUT2D eigenvalue weighted by atomic mass is 9.99. The minimum absolute atomic E-state index is 0.0896. The van der Waals surface area contributed by atoms with Gasteiger partial charge in [0, 0.05) is 17.1 Å². The molecule has 1 atom stereocenters. The number of amides is 1. The number of nitrogens with zero attached hydrogens (tertiary/aromatic N) is 1. The first-order valence-electron chi connectivity index (χ1n) is 10.9. The molecule has 176 valence electrons. The quantitative estimate of drug-likeness (QED) is 0.449.